The lowest BCUT2D eigenvalue weighted by Crippen LogP contribution is -2.49. The second kappa shape index (κ2) is 6.35. The van der Waals surface area contributed by atoms with E-state index >= 15 is 0 Å². The summed E-state index contributed by atoms with van der Waals surface area (Å²) in [6, 6.07) is -0.409. The molecule has 0 radical (unpaired) electrons. The molecule has 6 nitrogen and oxygen atoms in total. The van der Waals surface area contributed by atoms with Crippen LogP contribution in [0.15, 0.2) is 6.33 Å². The van der Waals surface area contributed by atoms with Crippen molar-refractivity contribution < 1.29 is 9.90 Å². The first kappa shape index (κ1) is 15.0. The molecule has 0 aliphatic carbocycles. The molecule has 0 aromatic carbocycles. The Bertz CT molecular complexity index is 458. The predicted molar refractivity (Wildman–Crippen MR) is 75.1 cm³/mol. The Morgan fingerprint density at radius 2 is 2.30 bits per heavy atom. The second-order valence-electron chi connectivity index (χ2n) is 6.13. The number of hydrogen-bond acceptors (Lipinski definition) is 4. The van der Waals surface area contributed by atoms with Crippen molar-refractivity contribution >= 4 is 5.97 Å². The number of carboxylic acids is 1. The van der Waals surface area contributed by atoms with Crippen molar-refractivity contribution in [2.24, 2.45) is 11.8 Å². The average Bonchev–Trinajstić information content (AvgIpc) is 2.75. The Kier molecular flexibility index (Phi) is 4.75. The zero-order chi connectivity index (χ0) is 14.7. The third-order valence-electron chi connectivity index (χ3n) is 3.87. The third-order valence-corrected chi connectivity index (χ3v) is 3.87. The molecule has 112 valence electrons. The molecule has 2 rings (SSSR count). The maximum atomic E-state index is 11.5. The smallest absolute Gasteiger partial charge is 0.321 e. The number of hydrogen-bond donors (Lipinski definition) is 1. The standard InChI is InChI=1S/C14H24N4O2/c1-10(2)7-18-12(15-9-16-18)8-17-6-4-5-11(3)13(17)14(19)20/h9-11,13H,4-8H2,1-3H3,(H,19,20). The number of aliphatic carboxylic acids is 1. The van der Waals surface area contributed by atoms with Crippen LogP contribution in [-0.4, -0.2) is 43.3 Å². The monoisotopic (exact) mass is 280 g/mol. The van der Waals surface area contributed by atoms with Crippen LogP contribution in [0.25, 0.3) is 0 Å². The van der Waals surface area contributed by atoms with Crippen LogP contribution in [0.4, 0.5) is 0 Å². The Hall–Kier alpha value is -1.43. The number of aromatic nitrogens is 3. The Morgan fingerprint density at radius 1 is 1.55 bits per heavy atom. The van der Waals surface area contributed by atoms with Gasteiger partial charge in [0.15, 0.2) is 0 Å². The van der Waals surface area contributed by atoms with E-state index in [1.807, 2.05) is 16.5 Å². The van der Waals surface area contributed by atoms with Crippen molar-refractivity contribution in [3.05, 3.63) is 12.2 Å². The highest BCUT2D eigenvalue weighted by atomic mass is 16.4. The van der Waals surface area contributed by atoms with Gasteiger partial charge in [-0.3, -0.25) is 9.69 Å². The molecule has 0 spiro atoms. The molecule has 1 fully saturated rings. The van der Waals surface area contributed by atoms with Crippen LogP contribution < -0.4 is 0 Å². The van der Waals surface area contributed by atoms with Gasteiger partial charge in [0.1, 0.15) is 18.2 Å². The third kappa shape index (κ3) is 3.36. The van der Waals surface area contributed by atoms with E-state index in [-0.39, 0.29) is 5.92 Å². The van der Waals surface area contributed by atoms with E-state index in [4.69, 9.17) is 0 Å². The maximum Gasteiger partial charge on any atom is 0.321 e. The van der Waals surface area contributed by atoms with Gasteiger partial charge in [-0.05, 0) is 31.2 Å². The zero-order valence-corrected chi connectivity index (χ0v) is 12.5. The van der Waals surface area contributed by atoms with Crippen LogP contribution >= 0.6 is 0 Å². The molecule has 2 atom stereocenters. The SMILES string of the molecule is CC(C)Cn1ncnc1CN1CCCC(C)C1C(=O)O. The van der Waals surface area contributed by atoms with E-state index in [0.717, 1.165) is 31.8 Å². The minimum Gasteiger partial charge on any atom is -0.480 e. The Morgan fingerprint density at radius 3 is 2.95 bits per heavy atom. The second-order valence-corrected chi connectivity index (χ2v) is 6.13. The summed E-state index contributed by atoms with van der Waals surface area (Å²) in [5, 5.41) is 13.7. The summed E-state index contributed by atoms with van der Waals surface area (Å²) in [4.78, 5) is 17.8. The molecule has 0 bridgehead atoms. The largest absolute Gasteiger partial charge is 0.480 e. The number of carboxylic acid groups (broad SMARTS) is 1. The number of piperidine rings is 1. The van der Waals surface area contributed by atoms with Crippen molar-refractivity contribution in [3.8, 4) is 0 Å². The van der Waals surface area contributed by atoms with Crippen LogP contribution in [-0.2, 0) is 17.9 Å². The highest BCUT2D eigenvalue weighted by Gasteiger charge is 2.34. The summed E-state index contributed by atoms with van der Waals surface area (Å²) in [6.07, 6.45) is 3.58. The molecule has 0 saturated carbocycles. The lowest BCUT2D eigenvalue weighted by molar-refractivity contribution is -0.147. The van der Waals surface area contributed by atoms with Gasteiger partial charge in [-0.25, -0.2) is 9.67 Å². The van der Waals surface area contributed by atoms with Crippen LogP contribution in [0.5, 0.6) is 0 Å². The van der Waals surface area contributed by atoms with Gasteiger partial charge in [-0.2, -0.15) is 5.10 Å². The predicted octanol–water partition coefficient (Wildman–Crippen LogP) is 1.62. The van der Waals surface area contributed by atoms with Crippen molar-refractivity contribution in [3.63, 3.8) is 0 Å². The van der Waals surface area contributed by atoms with Crippen molar-refractivity contribution in [2.45, 2.75) is 52.7 Å². The van der Waals surface area contributed by atoms with E-state index in [1.165, 1.54) is 0 Å². The fourth-order valence-electron chi connectivity index (χ4n) is 2.94. The van der Waals surface area contributed by atoms with E-state index in [0.29, 0.717) is 12.5 Å². The van der Waals surface area contributed by atoms with Crippen LogP contribution in [0.1, 0.15) is 39.4 Å². The molecular formula is C14H24N4O2. The summed E-state index contributed by atoms with van der Waals surface area (Å²) in [6.45, 7) is 8.48. The lowest BCUT2D eigenvalue weighted by Gasteiger charge is -2.36. The maximum absolute atomic E-state index is 11.5. The molecule has 2 heterocycles. The van der Waals surface area contributed by atoms with E-state index < -0.39 is 12.0 Å². The first-order valence-corrected chi connectivity index (χ1v) is 7.32. The summed E-state index contributed by atoms with van der Waals surface area (Å²) in [5.74, 6) is 0.805. The number of likely N-dealkylation sites (tertiary alicyclic amines) is 1. The molecule has 1 aliphatic rings. The molecule has 2 unspecified atom stereocenters. The van der Waals surface area contributed by atoms with Crippen molar-refractivity contribution in [1.29, 1.82) is 0 Å². The minimum absolute atomic E-state index is 0.183. The highest BCUT2D eigenvalue weighted by Crippen LogP contribution is 2.24. The number of nitrogens with zero attached hydrogens (tertiary/aromatic N) is 4. The highest BCUT2D eigenvalue weighted by molar-refractivity contribution is 5.74. The van der Waals surface area contributed by atoms with Crippen LogP contribution in [0, 0.1) is 11.8 Å². The first-order valence-electron chi connectivity index (χ1n) is 7.32. The van der Waals surface area contributed by atoms with Gasteiger partial charge in [0.2, 0.25) is 0 Å². The number of rotatable bonds is 5. The van der Waals surface area contributed by atoms with Gasteiger partial charge in [0.25, 0.3) is 0 Å². The Balaban J connectivity index is 2.11. The topological polar surface area (TPSA) is 71.2 Å². The Labute approximate surface area is 119 Å². The van der Waals surface area contributed by atoms with Gasteiger partial charge in [0, 0.05) is 6.54 Å². The molecule has 1 saturated heterocycles. The van der Waals surface area contributed by atoms with E-state index in [9.17, 15) is 9.90 Å². The first-order chi connectivity index (χ1) is 9.49. The molecule has 1 N–H and O–H groups in total. The molecule has 0 amide bonds. The average molecular weight is 280 g/mol. The van der Waals surface area contributed by atoms with Gasteiger partial charge in [-0.15, -0.1) is 0 Å². The molecule has 1 aromatic heterocycles. The summed E-state index contributed by atoms with van der Waals surface area (Å²) < 4.78 is 1.89. The van der Waals surface area contributed by atoms with Gasteiger partial charge >= 0.3 is 5.97 Å². The molecule has 1 aliphatic heterocycles. The fraction of sp³-hybridized carbons (Fsp3) is 0.786. The van der Waals surface area contributed by atoms with E-state index in [2.05, 4.69) is 23.9 Å². The lowest BCUT2D eigenvalue weighted by atomic mass is 9.91. The minimum atomic E-state index is -0.730. The van der Waals surface area contributed by atoms with Gasteiger partial charge in [-0.1, -0.05) is 20.8 Å². The normalized spacial score (nSPS) is 24.2. The fourth-order valence-corrected chi connectivity index (χ4v) is 2.94. The summed E-state index contributed by atoms with van der Waals surface area (Å²) in [7, 11) is 0. The molecule has 1 aromatic rings. The van der Waals surface area contributed by atoms with Crippen LogP contribution in [0.2, 0.25) is 0 Å². The van der Waals surface area contributed by atoms with Crippen molar-refractivity contribution in [2.75, 3.05) is 6.54 Å². The zero-order valence-electron chi connectivity index (χ0n) is 12.5. The van der Waals surface area contributed by atoms with Crippen molar-refractivity contribution in [1.82, 2.24) is 19.7 Å². The molecular weight excluding hydrogens is 256 g/mol. The van der Waals surface area contributed by atoms with Crippen LogP contribution in [0.3, 0.4) is 0 Å². The van der Waals surface area contributed by atoms with Gasteiger partial charge < -0.3 is 5.11 Å². The number of carbonyl (C=O) groups is 1. The quantitative estimate of drug-likeness (QED) is 0.887. The van der Waals surface area contributed by atoms with Gasteiger partial charge in [0.05, 0.1) is 6.54 Å². The molecule has 6 heteroatoms. The summed E-state index contributed by atoms with van der Waals surface area (Å²) >= 11 is 0. The molecule has 20 heavy (non-hydrogen) atoms. The van der Waals surface area contributed by atoms with E-state index in [1.54, 1.807) is 6.33 Å². The summed E-state index contributed by atoms with van der Waals surface area (Å²) in [5.41, 5.74) is 0.